The molecule has 0 aliphatic heterocycles. The first-order chi connectivity index (χ1) is 8.40. The Morgan fingerprint density at radius 1 is 1.56 bits per heavy atom. The lowest BCUT2D eigenvalue weighted by Gasteiger charge is -2.13. The summed E-state index contributed by atoms with van der Waals surface area (Å²) in [7, 11) is -0.845. The van der Waals surface area contributed by atoms with Gasteiger partial charge in [-0.1, -0.05) is 0 Å². The van der Waals surface area contributed by atoms with E-state index >= 15 is 0 Å². The van der Waals surface area contributed by atoms with Crippen LogP contribution >= 0.6 is 22.6 Å². The summed E-state index contributed by atoms with van der Waals surface area (Å²) < 4.78 is 11.7. The van der Waals surface area contributed by atoms with Crippen molar-refractivity contribution in [1.82, 2.24) is 5.32 Å². The van der Waals surface area contributed by atoms with Crippen molar-refractivity contribution in [3.05, 3.63) is 27.3 Å². The van der Waals surface area contributed by atoms with Gasteiger partial charge in [0.15, 0.2) is 0 Å². The number of benzene rings is 1. The maximum Gasteiger partial charge on any atom is 0.251 e. The minimum atomic E-state index is -0.845. The number of aromatic hydroxyl groups is 1. The van der Waals surface area contributed by atoms with Gasteiger partial charge in [0.2, 0.25) is 0 Å². The largest absolute Gasteiger partial charge is 0.507 e. The molecule has 0 aromatic heterocycles. The highest BCUT2D eigenvalue weighted by Crippen LogP contribution is 2.20. The maximum absolute atomic E-state index is 11.9. The van der Waals surface area contributed by atoms with Crippen LogP contribution in [0, 0.1) is 3.57 Å². The summed E-state index contributed by atoms with van der Waals surface area (Å²) in [6, 6.07) is 4.77. The van der Waals surface area contributed by atoms with Crippen LogP contribution in [0.3, 0.4) is 0 Å². The zero-order chi connectivity index (χ0) is 13.7. The van der Waals surface area contributed by atoms with Gasteiger partial charge in [0.25, 0.3) is 5.91 Å². The standard InChI is InChI=1S/C12H16INO3S/c1-8(5-6-18(2)17)14-12(16)9-3-4-10(13)11(15)7-9/h3-4,7-8,15H,5-6H2,1-2H3,(H,14,16). The van der Waals surface area contributed by atoms with Crippen molar-refractivity contribution in [1.29, 1.82) is 0 Å². The molecule has 0 fully saturated rings. The SMILES string of the molecule is CC(CCS(C)=O)NC(=O)c1ccc(I)c(O)c1. The molecule has 1 amide bonds. The maximum atomic E-state index is 11.9. The molecule has 6 heteroatoms. The van der Waals surface area contributed by atoms with Gasteiger partial charge in [-0.3, -0.25) is 9.00 Å². The Balaban J connectivity index is 2.59. The zero-order valence-corrected chi connectivity index (χ0v) is 13.2. The third kappa shape index (κ3) is 4.93. The van der Waals surface area contributed by atoms with E-state index in [1.807, 2.05) is 29.5 Å². The van der Waals surface area contributed by atoms with Crippen LogP contribution in [-0.2, 0) is 10.8 Å². The summed E-state index contributed by atoms with van der Waals surface area (Å²) in [6.07, 6.45) is 2.32. The Bertz CT molecular complexity index is 465. The summed E-state index contributed by atoms with van der Waals surface area (Å²) in [5.74, 6) is 0.445. The van der Waals surface area contributed by atoms with Gasteiger partial charge in [0.1, 0.15) is 5.75 Å². The molecule has 0 radical (unpaired) electrons. The molecule has 0 aliphatic carbocycles. The summed E-state index contributed by atoms with van der Waals surface area (Å²) in [5.41, 5.74) is 0.428. The Kier molecular flexibility index (Phi) is 6.07. The minimum Gasteiger partial charge on any atom is -0.507 e. The lowest BCUT2D eigenvalue weighted by molar-refractivity contribution is 0.0939. The molecule has 0 spiro atoms. The molecule has 0 heterocycles. The third-order valence-corrected chi connectivity index (χ3v) is 4.15. The van der Waals surface area contributed by atoms with Crippen molar-refractivity contribution in [2.24, 2.45) is 0 Å². The van der Waals surface area contributed by atoms with E-state index in [1.165, 1.54) is 6.07 Å². The molecule has 18 heavy (non-hydrogen) atoms. The van der Waals surface area contributed by atoms with Crippen LogP contribution in [0.25, 0.3) is 0 Å². The topological polar surface area (TPSA) is 66.4 Å². The van der Waals surface area contributed by atoms with Crippen LogP contribution in [0.5, 0.6) is 5.75 Å². The Morgan fingerprint density at radius 3 is 2.78 bits per heavy atom. The van der Waals surface area contributed by atoms with Gasteiger partial charge in [0, 0.05) is 34.4 Å². The van der Waals surface area contributed by atoms with Crippen LogP contribution in [0.2, 0.25) is 0 Å². The fourth-order valence-corrected chi connectivity index (χ4v) is 2.40. The van der Waals surface area contributed by atoms with E-state index in [-0.39, 0.29) is 17.7 Å². The minimum absolute atomic E-state index is 0.0391. The first-order valence-electron chi connectivity index (χ1n) is 5.49. The number of rotatable bonds is 5. The van der Waals surface area contributed by atoms with Crippen LogP contribution in [0.15, 0.2) is 18.2 Å². The highest BCUT2D eigenvalue weighted by molar-refractivity contribution is 14.1. The average molecular weight is 381 g/mol. The lowest BCUT2D eigenvalue weighted by Crippen LogP contribution is -2.33. The van der Waals surface area contributed by atoms with E-state index in [4.69, 9.17) is 0 Å². The number of phenols is 1. The van der Waals surface area contributed by atoms with E-state index in [1.54, 1.807) is 18.4 Å². The Morgan fingerprint density at radius 2 is 2.22 bits per heavy atom. The molecule has 2 atom stereocenters. The number of hydrogen-bond donors (Lipinski definition) is 2. The molecule has 2 N–H and O–H groups in total. The van der Waals surface area contributed by atoms with Crippen LogP contribution in [0.1, 0.15) is 23.7 Å². The van der Waals surface area contributed by atoms with Crippen molar-refractivity contribution in [3.8, 4) is 5.75 Å². The highest BCUT2D eigenvalue weighted by Gasteiger charge is 2.11. The van der Waals surface area contributed by atoms with E-state index < -0.39 is 10.8 Å². The van der Waals surface area contributed by atoms with Crippen molar-refractivity contribution in [3.63, 3.8) is 0 Å². The summed E-state index contributed by atoms with van der Waals surface area (Å²) >= 11 is 1.99. The van der Waals surface area contributed by atoms with Crippen molar-refractivity contribution in [2.45, 2.75) is 19.4 Å². The Labute approximate surface area is 123 Å². The average Bonchev–Trinajstić information content (AvgIpc) is 2.30. The fourth-order valence-electron chi connectivity index (χ4n) is 1.38. The molecule has 0 saturated heterocycles. The van der Waals surface area contributed by atoms with Crippen LogP contribution in [0.4, 0.5) is 0 Å². The fraction of sp³-hybridized carbons (Fsp3) is 0.417. The van der Waals surface area contributed by atoms with Crippen LogP contribution < -0.4 is 5.32 Å². The van der Waals surface area contributed by atoms with E-state index in [0.29, 0.717) is 21.3 Å². The molecule has 1 aromatic rings. The molecule has 1 aromatic carbocycles. The van der Waals surface area contributed by atoms with Gasteiger partial charge in [-0.15, -0.1) is 0 Å². The van der Waals surface area contributed by atoms with Crippen molar-refractivity contribution in [2.75, 3.05) is 12.0 Å². The quantitative estimate of drug-likeness (QED) is 0.766. The number of nitrogens with one attached hydrogen (secondary N) is 1. The number of halogens is 1. The van der Waals surface area contributed by atoms with Gasteiger partial charge in [-0.2, -0.15) is 0 Å². The second-order valence-electron chi connectivity index (χ2n) is 4.11. The molecule has 0 aliphatic rings. The molecular formula is C12H16INO3S. The predicted octanol–water partition coefficient (Wildman–Crippen LogP) is 1.88. The molecule has 0 bridgehead atoms. The van der Waals surface area contributed by atoms with Gasteiger partial charge in [-0.05, 0) is 54.1 Å². The molecule has 1 rings (SSSR count). The van der Waals surface area contributed by atoms with E-state index in [2.05, 4.69) is 5.32 Å². The molecule has 4 nitrogen and oxygen atoms in total. The van der Waals surface area contributed by atoms with E-state index in [9.17, 15) is 14.1 Å². The number of amides is 1. The van der Waals surface area contributed by atoms with Crippen molar-refractivity contribution < 1.29 is 14.1 Å². The predicted molar refractivity (Wildman–Crippen MR) is 81.3 cm³/mol. The first kappa shape index (κ1) is 15.4. The molecule has 0 saturated carbocycles. The smallest absolute Gasteiger partial charge is 0.251 e. The number of carbonyl (C=O) groups is 1. The van der Waals surface area contributed by atoms with Gasteiger partial charge >= 0.3 is 0 Å². The summed E-state index contributed by atoms with van der Waals surface area (Å²) in [4.78, 5) is 11.9. The molecule has 100 valence electrons. The highest BCUT2D eigenvalue weighted by atomic mass is 127. The normalized spacial score (nSPS) is 13.9. The van der Waals surface area contributed by atoms with Crippen molar-refractivity contribution >= 4 is 39.3 Å². The molecule has 2 unspecified atom stereocenters. The van der Waals surface area contributed by atoms with Gasteiger partial charge in [-0.25, -0.2) is 0 Å². The third-order valence-electron chi connectivity index (χ3n) is 2.42. The lowest BCUT2D eigenvalue weighted by atomic mass is 10.2. The number of phenolic OH excluding ortho intramolecular Hbond substituents is 1. The summed E-state index contributed by atoms with van der Waals surface area (Å²) in [6.45, 7) is 1.87. The van der Waals surface area contributed by atoms with Crippen LogP contribution in [-0.4, -0.2) is 33.3 Å². The van der Waals surface area contributed by atoms with E-state index in [0.717, 1.165) is 0 Å². The monoisotopic (exact) mass is 381 g/mol. The number of carbonyl (C=O) groups excluding carboxylic acids is 1. The molecular weight excluding hydrogens is 365 g/mol. The summed E-state index contributed by atoms with van der Waals surface area (Å²) in [5, 5.41) is 12.3. The first-order valence-corrected chi connectivity index (χ1v) is 8.30. The van der Waals surface area contributed by atoms with Gasteiger partial charge < -0.3 is 10.4 Å². The number of hydrogen-bond acceptors (Lipinski definition) is 3. The van der Waals surface area contributed by atoms with Gasteiger partial charge in [0.05, 0.1) is 3.57 Å². The Hall–Kier alpha value is -0.630. The zero-order valence-electron chi connectivity index (χ0n) is 10.3. The second-order valence-corrected chi connectivity index (χ2v) is 6.82. The second kappa shape index (κ2) is 7.08.